The molecule has 70 heavy (non-hydrogen) atoms. The number of quaternary nitrogens is 1. The summed E-state index contributed by atoms with van der Waals surface area (Å²) >= 11 is 0. The van der Waals surface area contributed by atoms with E-state index in [2.05, 4.69) is 98.9 Å². The molecule has 9 nitrogen and oxygen atoms in total. The minimum atomic E-state index is -4.39. The van der Waals surface area contributed by atoms with E-state index in [0.29, 0.717) is 17.4 Å². The van der Waals surface area contributed by atoms with Crippen molar-refractivity contribution in [2.45, 2.75) is 238 Å². The van der Waals surface area contributed by atoms with E-state index in [1.807, 2.05) is 21.1 Å². The number of esters is 2. The molecule has 0 aliphatic rings. The number of rotatable bonds is 51. The molecule has 2 atom stereocenters. The number of ether oxygens (including phenoxy) is 2. The third-order valence-electron chi connectivity index (χ3n) is 11.9. The molecular formula is C60H107NO8P+. The van der Waals surface area contributed by atoms with Gasteiger partial charge in [0.05, 0.1) is 27.7 Å². The SMILES string of the molecule is CC/C=C\C/C=C\C/C=C\C/C=C\C/C=C\CCCCCCCCCCCC(=O)OC(COC(=O)CCCCCCCCCCC/C=C\C/C=C\CCCCCCC)COP(=O)(O)OCC[N+](C)(C)C. The van der Waals surface area contributed by atoms with Crippen molar-refractivity contribution in [1.29, 1.82) is 0 Å². The number of carbonyl (C=O) groups is 2. The van der Waals surface area contributed by atoms with E-state index in [0.717, 1.165) is 83.5 Å². The highest BCUT2D eigenvalue weighted by Gasteiger charge is 2.27. The first kappa shape index (κ1) is 67.2. The first-order valence-electron chi connectivity index (χ1n) is 28.3. The van der Waals surface area contributed by atoms with E-state index in [4.69, 9.17) is 18.5 Å². The van der Waals surface area contributed by atoms with Crippen LogP contribution in [0.5, 0.6) is 0 Å². The molecule has 0 saturated carbocycles. The molecule has 0 rings (SSSR count). The van der Waals surface area contributed by atoms with Crippen LogP contribution < -0.4 is 0 Å². The van der Waals surface area contributed by atoms with Crippen molar-refractivity contribution in [2.75, 3.05) is 47.5 Å². The number of hydrogen-bond acceptors (Lipinski definition) is 7. The zero-order valence-corrected chi connectivity index (χ0v) is 46.6. The molecule has 0 spiro atoms. The van der Waals surface area contributed by atoms with Gasteiger partial charge in [0.25, 0.3) is 0 Å². The molecule has 0 bridgehead atoms. The van der Waals surface area contributed by atoms with Gasteiger partial charge in [0, 0.05) is 12.8 Å². The Kier molecular flexibility index (Phi) is 49.1. The van der Waals surface area contributed by atoms with Crippen molar-refractivity contribution in [3.8, 4) is 0 Å². The fourth-order valence-corrected chi connectivity index (χ4v) is 8.28. The van der Waals surface area contributed by atoms with Crippen molar-refractivity contribution in [3.05, 3.63) is 85.1 Å². The van der Waals surface area contributed by atoms with Gasteiger partial charge in [0.1, 0.15) is 19.8 Å². The Morgan fingerprint density at radius 1 is 0.457 bits per heavy atom. The fraction of sp³-hybridized carbons (Fsp3) is 0.733. The second kappa shape index (κ2) is 51.1. The normalized spacial score (nSPS) is 14.0. The van der Waals surface area contributed by atoms with E-state index in [9.17, 15) is 19.0 Å². The van der Waals surface area contributed by atoms with Crippen LogP contribution in [0.4, 0.5) is 0 Å². The lowest BCUT2D eigenvalue weighted by molar-refractivity contribution is -0.870. The van der Waals surface area contributed by atoms with Crippen LogP contribution in [0, 0.1) is 0 Å². The van der Waals surface area contributed by atoms with E-state index < -0.39 is 26.5 Å². The number of allylic oxidation sites excluding steroid dienone is 14. The van der Waals surface area contributed by atoms with Gasteiger partial charge < -0.3 is 18.9 Å². The Bertz CT molecular complexity index is 1460. The summed E-state index contributed by atoms with van der Waals surface area (Å²) in [4.78, 5) is 35.7. The van der Waals surface area contributed by atoms with Gasteiger partial charge in [0.2, 0.25) is 0 Å². The first-order chi connectivity index (χ1) is 34.0. The lowest BCUT2D eigenvalue weighted by Gasteiger charge is -2.24. The topological polar surface area (TPSA) is 108 Å². The van der Waals surface area contributed by atoms with Gasteiger partial charge >= 0.3 is 19.8 Å². The zero-order chi connectivity index (χ0) is 51.3. The Hall–Kier alpha value is -2.81. The molecule has 2 unspecified atom stereocenters. The fourth-order valence-electron chi connectivity index (χ4n) is 7.54. The third-order valence-corrected chi connectivity index (χ3v) is 12.9. The summed E-state index contributed by atoms with van der Waals surface area (Å²) in [5.41, 5.74) is 0. The molecule has 0 fully saturated rings. The molecular weight excluding hydrogens is 894 g/mol. The number of unbranched alkanes of at least 4 members (excludes halogenated alkanes) is 23. The molecule has 0 heterocycles. The molecule has 0 aromatic carbocycles. The highest BCUT2D eigenvalue weighted by Crippen LogP contribution is 2.43. The number of carbonyl (C=O) groups excluding carboxylic acids is 2. The molecule has 0 amide bonds. The van der Waals surface area contributed by atoms with Crippen molar-refractivity contribution >= 4 is 19.8 Å². The number of hydrogen-bond donors (Lipinski definition) is 1. The van der Waals surface area contributed by atoms with Crippen molar-refractivity contribution in [2.24, 2.45) is 0 Å². The third kappa shape index (κ3) is 54.5. The number of nitrogens with zero attached hydrogens (tertiary/aromatic N) is 1. The molecule has 1 N–H and O–H groups in total. The molecule has 0 aliphatic carbocycles. The van der Waals surface area contributed by atoms with Crippen molar-refractivity contribution < 1.29 is 42.1 Å². The summed E-state index contributed by atoms with van der Waals surface area (Å²) in [7, 11) is 1.46. The second-order valence-corrected chi connectivity index (χ2v) is 21.4. The molecule has 0 radical (unpaired) electrons. The summed E-state index contributed by atoms with van der Waals surface area (Å²) in [6.07, 6.45) is 67.8. The summed E-state index contributed by atoms with van der Waals surface area (Å²) < 4.78 is 34.5. The van der Waals surface area contributed by atoms with Crippen LogP contribution in [0.25, 0.3) is 0 Å². The molecule has 0 aliphatic heterocycles. The maximum Gasteiger partial charge on any atom is 0.472 e. The Balaban J connectivity index is 4.23. The maximum atomic E-state index is 12.8. The Morgan fingerprint density at radius 2 is 0.814 bits per heavy atom. The molecule has 404 valence electrons. The summed E-state index contributed by atoms with van der Waals surface area (Å²) in [6, 6.07) is 0. The minimum absolute atomic E-state index is 0.0260. The van der Waals surface area contributed by atoms with Crippen molar-refractivity contribution in [1.82, 2.24) is 0 Å². The lowest BCUT2D eigenvalue weighted by atomic mass is 10.1. The van der Waals surface area contributed by atoms with Crippen LogP contribution in [0.3, 0.4) is 0 Å². The summed E-state index contributed by atoms with van der Waals surface area (Å²) in [5, 5.41) is 0. The summed E-state index contributed by atoms with van der Waals surface area (Å²) in [6.45, 7) is 4.30. The number of phosphoric acid groups is 1. The van der Waals surface area contributed by atoms with Gasteiger partial charge in [-0.1, -0.05) is 214 Å². The highest BCUT2D eigenvalue weighted by atomic mass is 31.2. The van der Waals surface area contributed by atoms with Gasteiger partial charge in [-0.3, -0.25) is 18.6 Å². The minimum Gasteiger partial charge on any atom is -0.462 e. The van der Waals surface area contributed by atoms with E-state index in [-0.39, 0.29) is 32.0 Å². The van der Waals surface area contributed by atoms with E-state index in [1.54, 1.807) is 0 Å². The predicted octanol–water partition coefficient (Wildman–Crippen LogP) is 17.5. The van der Waals surface area contributed by atoms with Gasteiger partial charge in [-0.15, -0.1) is 0 Å². The standard InChI is InChI=1S/C60H106NO8P/c1-6-8-10-12-14-16-18-20-22-24-26-28-29-30-31-33-35-37-39-41-43-45-47-49-51-53-60(63)69-58(57-68-70(64,65)67-55-54-61(3,4)5)56-66-59(62)52-50-48-46-44-42-40-38-36-34-32-27-25-23-21-19-17-15-13-11-9-7-2/h8,10,14,16,19-22,25-28,30-31,58H,6-7,9,11-13,15,17-18,23-24,29,32-57H2,1-5H3/p+1/b10-8-,16-14-,21-19-,22-20-,27-25-,28-26-,31-30-. The Labute approximate surface area is 431 Å². The van der Waals surface area contributed by atoms with Crippen LogP contribution in [-0.4, -0.2) is 74.9 Å². The van der Waals surface area contributed by atoms with Gasteiger partial charge in [-0.25, -0.2) is 4.57 Å². The maximum absolute atomic E-state index is 12.8. The van der Waals surface area contributed by atoms with Crippen LogP contribution in [0.1, 0.15) is 232 Å². The average molecular weight is 1000 g/mol. The van der Waals surface area contributed by atoms with Gasteiger partial charge in [0.15, 0.2) is 6.10 Å². The first-order valence-corrected chi connectivity index (χ1v) is 29.8. The van der Waals surface area contributed by atoms with E-state index >= 15 is 0 Å². The monoisotopic (exact) mass is 1000 g/mol. The van der Waals surface area contributed by atoms with Gasteiger partial charge in [-0.05, 0) is 89.9 Å². The molecule has 0 aromatic heterocycles. The second-order valence-electron chi connectivity index (χ2n) is 19.9. The Morgan fingerprint density at radius 3 is 1.21 bits per heavy atom. The average Bonchev–Trinajstić information content (AvgIpc) is 3.32. The predicted molar refractivity (Wildman–Crippen MR) is 298 cm³/mol. The van der Waals surface area contributed by atoms with Crippen LogP contribution in [0.2, 0.25) is 0 Å². The number of likely N-dealkylation sites (N-methyl/N-ethyl adjacent to an activating group) is 1. The lowest BCUT2D eigenvalue weighted by Crippen LogP contribution is -2.37. The zero-order valence-electron chi connectivity index (χ0n) is 45.7. The van der Waals surface area contributed by atoms with Crippen molar-refractivity contribution in [3.63, 3.8) is 0 Å². The van der Waals surface area contributed by atoms with E-state index in [1.165, 1.54) is 116 Å². The van der Waals surface area contributed by atoms with Crippen LogP contribution in [0.15, 0.2) is 85.1 Å². The van der Waals surface area contributed by atoms with Crippen LogP contribution in [-0.2, 0) is 32.7 Å². The molecule has 0 saturated heterocycles. The van der Waals surface area contributed by atoms with Gasteiger partial charge in [-0.2, -0.15) is 0 Å². The van der Waals surface area contributed by atoms with Crippen LogP contribution >= 0.6 is 7.82 Å². The summed E-state index contributed by atoms with van der Waals surface area (Å²) in [5.74, 6) is -0.810. The smallest absolute Gasteiger partial charge is 0.462 e. The number of phosphoric ester groups is 1. The highest BCUT2D eigenvalue weighted by molar-refractivity contribution is 7.47. The quantitative estimate of drug-likeness (QED) is 0.0211. The molecule has 10 heteroatoms. The molecule has 0 aromatic rings. The largest absolute Gasteiger partial charge is 0.472 e.